The van der Waals surface area contributed by atoms with Crippen LogP contribution in [0, 0.1) is 6.92 Å². The van der Waals surface area contributed by atoms with Crippen molar-refractivity contribution in [2.75, 3.05) is 26.2 Å². The Balaban J connectivity index is 1.30. The molecule has 39 heavy (non-hydrogen) atoms. The van der Waals surface area contributed by atoms with Crippen LogP contribution in [0.1, 0.15) is 59.8 Å². The first-order valence-electron chi connectivity index (χ1n) is 13.2. The number of aromatic nitrogens is 1. The number of rotatable bonds is 8. The monoisotopic (exact) mass is 548 g/mol. The topological polar surface area (TPSA) is 104 Å². The van der Waals surface area contributed by atoms with Gasteiger partial charge < -0.3 is 20.5 Å². The largest absolute Gasteiger partial charge is 0.416 e. The lowest BCUT2D eigenvalue weighted by Crippen LogP contribution is -2.48. The molecule has 2 heterocycles. The van der Waals surface area contributed by atoms with E-state index in [1.165, 1.54) is 6.07 Å². The van der Waals surface area contributed by atoms with Gasteiger partial charge in [-0.15, -0.1) is 0 Å². The van der Waals surface area contributed by atoms with Crippen molar-refractivity contribution in [3.63, 3.8) is 0 Å². The van der Waals surface area contributed by atoms with Gasteiger partial charge in [0.15, 0.2) is 0 Å². The Kier molecular flexibility index (Phi) is 8.93. The minimum absolute atomic E-state index is 0.171. The molecule has 3 N–H and O–H groups in total. The van der Waals surface area contributed by atoms with Gasteiger partial charge in [0.2, 0.25) is 5.91 Å². The van der Waals surface area contributed by atoms with Crippen LogP contribution in [0.3, 0.4) is 0 Å². The number of nitrogens with one attached hydrogen (secondary N) is 2. The number of pyridine rings is 1. The average Bonchev–Trinajstić information content (AvgIpc) is 3.29. The zero-order chi connectivity index (χ0) is 28.2. The molecule has 1 aromatic carbocycles. The highest BCUT2D eigenvalue weighted by molar-refractivity contribution is 5.96. The molecule has 1 aromatic heterocycles. The number of ether oxygens (including phenoxy) is 1. The summed E-state index contributed by atoms with van der Waals surface area (Å²) in [5.74, 6) is -1.21. The van der Waals surface area contributed by atoms with Gasteiger partial charge in [-0.25, -0.2) is 0 Å². The molecule has 0 bridgehead atoms. The lowest BCUT2D eigenvalue weighted by Gasteiger charge is -2.39. The van der Waals surface area contributed by atoms with E-state index in [2.05, 4.69) is 20.5 Å². The molecule has 2 aliphatic rings. The van der Waals surface area contributed by atoms with Gasteiger partial charge in [-0.3, -0.25) is 19.5 Å². The van der Waals surface area contributed by atoms with Gasteiger partial charge in [-0.1, -0.05) is 12.1 Å². The van der Waals surface area contributed by atoms with Crippen LogP contribution in [0.15, 0.2) is 42.6 Å². The second-order valence-corrected chi connectivity index (χ2v) is 10.4. The quantitative estimate of drug-likeness (QED) is 0.468. The van der Waals surface area contributed by atoms with Crippen LogP contribution in [-0.4, -0.2) is 71.2 Å². The zero-order valence-electron chi connectivity index (χ0n) is 22.1. The van der Waals surface area contributed by atoms with Gasteiger partial charge >= 0.3 is 6.18 Å². The summed E-state index contributed by atoms with van der Waals surface area (Å²) in [6, 6.07) is 7.82. The number of hydrogen-bond donors (Lipinski definition) is 3. The number of halogens is 3. The van der Waals surface area contributed by atoms with Crippen LogP contribution < -0.4 is 10.6 Å². The first-order valence-corrected chi connectivity index (χ1v) is 13.2. The lowest BCUT2D eigenvalue weighted by molar-refractivity contribution is -0.137. The normalized spacial score (nSPS) is 25.8. The highest BCUT2D eigenvalue weighted by Crippen LogP contribution is 2.38. The van der Waals surface area contributed by atoms with Gasteiger partial charge in [-0.05, 0) is 69.4 Å². The molecular weight excluding hydrogens is 513 g/mol. The van der Waals surface area contributed by atoms with Gasteiger partial charge in [-0.2, -0.15) is 13.2 Å². The van der Waals surface area contributed by atoms with Crippen molar-refractivity contribution in [3.05, 3.63) is 65.0 Å². The molecule has 8 nitrogen and oxygen atoms in total. The molecule has 2 atom stereocenters. The first kappa shape index (κ1) is 29.0. The van der Waals surface area contributed by atoms with Crippen molar-refractivity contribution in [2.24, 2.45) is 0 Å². The van der Waals surface area contributed by atoms with Crippen molar-refractivity contribution in [2.45, 2.75) is 69.5 Å². The van der Waals surface area contributed by atoms with E-state index in [-0.39, 0.29) is 30.3 Å². The zero-order valence-corrected chi connectivity index (χ0v) is 22.1. The van der Waals surface area contributed by atoms with Crippen LogP contribution in [0.5, 0.6) is 0 Å². The highest BCUT2D eigenvalue weighted by atomic mass is 19.4. The van der Waals surface area contributed by atoms with E-state index >= 15 is 0 Å². The van der Waals surface area contributed by atoms with E-state index < -0.39 is 29.2 Å². The lowest BCUT2D eigenvalue weighted by atomic mass is 9.79. The molecule has 1 aliphatic heterocycles. The number of carbonyl (C=O) groups excluding carboxylic acids is 2. The van der Waals surface area contributed by atoms with E-state index in [1.54, 1.807) is 6.20 Å². The average molecular weight is 549 g/mol. The molecule has 1 aliphatic carbocycles. The first-order chi connectivity index (χ1) is 18.5. The summed E-state index contributed by atoms with van der Waals surface area (Å²) >= 11 is 0. The fourth-order valence-electron chi connectivity index (χ4n) is 5.42. The molecule has 0 unspecified atom stereocenters. The van der Waals surface area contributed by atoms with Gasteiger partial charge in [0.05, 0.1) is 29.9 Å². The number of amides is 2. The Morgan fingerprint density at radius 2 is 1.92 bits per heavy atom. The molecule has 0 radical (unpaired) electrons. The second kappa shape index (κ2) is 12.0. The van der Waals surface area contributed by atoms with E-state index in [1.807, 2.05) is 26.0 Å². The number of aryl methyl sites for hydroxylation is 1. The predicted molar refractivity (Wildman–Crippen MR) is 138 cm³/mol. The third-order valence-electron chi connectivity index (χ3n) is 7.57. The van der Waals surface area contributed by atoms with Crippen LogP contribution in [0.25, 0.3) is 0 Å². The maximum atomic E-state index is 12.9. The fourth-order valence-corrected chi connectivity index (χ4v) is 5.42. The van der Waals surface area contributed by atoms with Gasteiger partial charge in [0, 0.05) is 37.5 Å². The van der Waals surface area contributed by atoms with Gasteiger partial charge in [0.1, 0.15) is 5.60 Å². The summed E-state index contributed by atoms with van der Waals surface area (Å²) in [7, 11) is 0. The predicted octanol–water partition coefficient (Wildman–Crippen LogP) is 3.17. The summed E-state index contributed by atoms with van der Waals surface area (Å²) in [5, 5.41) is 16.5. The van der Waals surface area contributed by atoms with Crippen molar-refractivity contribution in [1.29, 1.82) is 0 Å². The van der Waals surface area contributed by atoms with E-state index in [4.69, 9.17) is 4.74 Å². The summed E-state index contributed by atoms with van der Waals surface area (Å²) in [6.07, 6.45) is -0.313. The number of carbonyl (C=O) groups is 2. The van der Waals surface area contributed by atoms with Crippen LogP contribution in [0.4, 0.5) is 13.2 Å². The molecule has 2 aromatic rings. The van der Waals surface area contributed by atoms with Crippen LogP contribution >= 0.6 is 0 Å². The van der Waals surface area contributed by atoms with E-state index in [9.17, 15) is 27.9 Å². The summed E-state index contributed by atoms with van der Waals surface area (Å²) in [5.41, 5.74) is -0.318. The summed E-state index contributed by atoms with van der Waals surface area (Å²) in [6.45, 7) is 5.13. The molecule has 1 saturated carbocycles. The highest BCUT2D eigenvalue weighted by Gasteiger charge is 2.42. The Morgan fingerprint density at radius 3 is 2.56 bits per heavy atom. The number of likely N-dealkylation sites (tertiary alicyclic amines) is 1. The van der Waals surface area contributed by atoms with Crippen molar-refractivity contribution in [3.8, 4) is 0 Å². The number of hydrogen-bond acceptors (Lipinski definition) is 6. The molecule has 2 amide bonds. The van der Waals surface area contributed by atoms with Crippen LogP contribution in [0.2, 0.25) is 0 Å². The molecule has 2 fully saturated rings. The molecule has 4 rings (SSSR count). The fraction of sp³-hybridized carbons (Fsp3) is 0.536. The number of alkyl halides is 3. The maximum absolute atomic E-state index is 12.9. The smallest absolute Gasteiger partial charge is 0.384 e. The Hall–Kier alpha value is -3.02. The summed E-state index contributed by atoms with van der Waals surface area (Å²) < 4.78 is 44.7. The molecule has 212 valence electrons. The number of nitrogens with zero attached hydrogens (tertiary/aromatic N) is 2. The SMILES string of the molecule is CCO[C@@H]1CN(C2CCC(O)(c3ccc(C)cn3)CC2)C[C@@H]1NC(=O)CNC(=O)c1cccc(C(F)(F)F)c1. The molecule has 0 spiro atoms. The molecular formula is C28H35F3N4O4. The maximum Gasteiger partial charge on any atom is 0.416 e. The summed E-state index contributed by atoms with van der Waals surface area (Å²) in [4.78, 5) is 31.7. The van der Waals surface area contributed by atoms with Gasteiger partial charge in [0.25, 0.3) is 5.91 Å². The number of aliphatic hydroxyl groups is 1. The van der Waals surface area contributed by atoms with Crippen LogP contribution in [-0.2, 0) is 21.3 Å². The Bertz CT molecular complexity index is 1150. The second-order valence-electron chi connectivity index (χ2n) is 10.4. The standard InChI is InChI=1S/C28H35F3N4O4/c1-3-39-23-17-35(21-9-11-27(38,12-10-21)24-8-7-18(2)14-32-24)16-22(23)34-25(36)15-33-26(37)19-5-4-6-20(13-19)28(29,30)31/h4-8,13-14,21-23,38H,3,9-12,15-17H2,1-2H3,(H,33,37)(H,34,36)/t21?,22-,23+,27?/m0/s1. The minimum Gasteiger partial charge on any atom is -0.384 e. The Morgan fingerprint density at radius 1 is 1.18 bits per heavy atom. The molecule has 11 heteroatoms. The van der Waals surface area contributed by atoms with E-state index in [0.29, 0.717) is 38.2 Å². The Labute approximate surface area is 225 Å². The van der Waals surface area contributed by atoms with Crippen molar-refractivity contribution in [1.82, 2.24) is 20.5 Å². The number of benzene rings is 1. The van der Waals surface area contributed by atoms with E-state index in [0.717, 1.165) is 36.6 Å². The third-order valence-corrected chi connectivity index (χ3v) is 7.57. The minimum atomic E-state index is -4.56. The van der Waals surface area contributed by atoms with Crippen molar-refractivity contribution < 1.29 is 32.6 Å². The molecule has 1 saturated heterocycles. The van der Waals surface area contributed by atoms with Crippen molar-refractivity contribution >= 4 is 11.8 Å². The third kappa shape index (κ3) is 7.14.